The van der Waals surface area contributed by atoms with Crippen LogP contribution in [0.15, 0.2) is 75.9 Å². The Labute approximate surface area is 182 Å². The van der Waals surface area contributed by atoms with Crippen molar-refractivity contribution in [1.82, 2.24) is 10.3 Å². The molecule has 0 radical (unpaired) electrons. The highest BCUT2D eigenvalue weighted by Crippen LogP contribution is 2.27. The summed E-state index contributed by atoms with van der Waals surface area (Å²) in [6.45, 7) is 1.98. The molecular weight excluding hydrogens is 452 g/mol. The lowest BCUT2D eigenvalue weighted by Gasteiger charge is -2.21. The molecule has 146 valence electrons. The SMILES string of the molecule is Cc1cc(Cl)ccc1C(NC(=O)Cc1ccc2oc(Br)cc2c1)c1ccccn1. The van der Waals surface area contributed by atoms with Crippen LogP contribution in [0.1, 0.15) is 28.4 Å². The van der Waals surface area contributed by atoms with E-state index in [2.05, 4.69) is 26.2 Å². The summed E-state index contributed by atoms with van der Waals surface area (Å²) < 4.78 is 6.20. The zero-order valence-corrected chi connectivity index (χ0v) is 18.0. The number of hydrogen-bond acceptors (Lipinski definition) is 3. The molecule has 4 rings (SSSR count). The molecule has 0 spiro atoms. The molecule has 6 heteroatoms. The molecule has 1 amide bonds. The largest absolute Gasteiger partial charge is 0.449 e. The lowest BCUT2D eigenvalue weighted by Crippen LogP contribution is -2.31. The highest BCUT2D eigenvalue weighted by molar-refractivity contribution is 9.10. The smallest absolute Gasteiger partial charge is 0.225 e. The van der Waals surface area contributed by atoms with Crippen molar-refractivity contribution in [2.24, 2.45) is 0 Å². The van der Waals surface area contributed by atoms with Crippen LogP contribution in [-0.2, 0) is 11.2 Å². The monoisotopic (exact) mass is 468 g/mol. The van der Waals surface area contributed by atoms with Crippen molar-refractivity contribution in [3.8, 4) is 0 Å². The third kappa shape index (κ3) is 4.52. The van der Waals surface area contributed by atoms with E-state index in [1.807, 2.05) is 67.6 Å². The van der Waals surface area contributed by atoms with Crippen molar-refractivity contribution in [2.75, 3.05) is 0 Å². The van der Waals surface area contributed by atoms with Gasteiger partial charge in [0, 0.05) is 16.6 Å². The summed E-state index contributed by atoms with van der Waals surface area (Å²) in [5.41, 5.74) is 4.44. The van der Waals surface area contributed by atoms with Gasteiger partial charge in [-0.2, -0.15) is 0 Å². The molecule has 0 saturated carbocycles. The van der Waals surface area contributed by atoms with Gasteiger partial charge in [-0.3, -0.25) is 9.78 Å². The number of pyridine rings is 1. The number of benzene rings is 2. The van der Waals surface area contributed by atoms with E-state index in [0.29, 0.717) is 9.69 Å². The molecule has 1 N–H and O–H groups in total. The van der Waals surface area contributed by atoms with Gasteiger partial charge >= 0.3 is 0 Å². The van der Waals surface area contributed by atoms with Gasteiger partial charge in [-0.05, 0) is 82.0 Å². The average molecular weight is 470 g/mol. The first-order valence-electron chi connectivity index (χ1n) is 9.14. The van der Waals surface area contributed by atoms with E-state index in [1.54, 1.807) is 6.20 Å². The molecule has 1 unspecified atom stereocenters. The van der Waals surface area contributed by atoms with Crippen LogP contribution >= 0.6 is 27.5 Å². The van der Waals surface area contributed by atoms with E-state index in [4.69, 9.17) is 16.0 Å². The van der Waals surface area contributed by atoms with Gasteiger partial charge in [0.2, 0.25) is 5.91 Å². The van der Waals surface area contributed by atoms with Crippen molar-refractivity contribution >= 4 is 44.4 Å². The lowest BCUT2D eigenvalue weighted by atomic mass is 9.97. The molecule has 0 bridgehead atoms. The third-order valence-corrected chi connectivity index (χ3v) is 5.37. The highest BCUT2D eigenvalue weighted by atomic mass is 79.9. The number of nitrogens with zero attached hydrogens (tertiary/aromatic N) is 1. The van der Waals surface area contributed by atoms with Crippen molar-refractivity contribution < 1.29 is 9.21 Å². The van der Waals surface area contributed by atoms with Crippen LogP contribution in [0.5, 0.6) is 0 Å². The Kier molecular flexibility index (Phi) is 5.69. The van der Waals surface area contributed by atoms with Gasteiger partial charge in [0.25, 0.3) is 0 Å². The molecule has 0 aliphatic heterocycles. The molecule has 2 aromatic heterocycles. The Hall–Kier alpha value is -2.63. The standard InChI is InChI=1S/C23H18BrClN2O2/c1-14-10-17(25)6-7-18(14)23(19-4-2-3-9-26-19)27-22(28)12-15-5-8-20-16(11-15)13-21(24)29-20/h2-11,13,23H,12H2,1H3,(H,27,28). The summed E-state index contributed by atoms with van der Waals surface area (Å²) in [5.74, 6) is -0.0862. The van der Waals surface area contributed by atoms with Crippen molar-refractivity contribution in [3.63, 3.8) is 0 Å². The zero-order chi connectivity index (χ0) is 20.4. The molecule has 0 aliphatic rings. The van der Waals surface area contributed by atoms with Gasteiger partial charge in [-0.25, -0.2) is 0 Å². The van der Waals surface area contributed by atoms with Crippen molar-refractivity contribution in [1.29, 1.82) is 0 Å². The number of carbonyl (C=O) groups is 1. The normalized spacial score (nSPS) is 12.1. The number of hydrogen-bond donors (Lipinski definition) is 1. The van der Waals surface area contributed by atoms with Gasteiger partial charge < -0.3 is 9.73 Å². The second-order valence-electron chi connectivity index (χ2n) is 6.86. The first kappa shape index (κ1) is 19.7. The number of aromatic nitrogens is 1. The van der Waals surface area contributed by atoms with Crippen LogP contribution in [0.3, 0.4) is 0 Å². The number of furan rings is 1. The maximum atomic E-state index is 12.9. The van der Waals surface area contributed by atoms with Crippen molar-refractivity contribution in [2.45, 2.75) is 19.4 Å². The van der Waals surface area contributed by atoms with Gasteiger partial charge in [0.1, 0.15) is 5.58 Å². The maximum Gasteiger partial charge on any atom is 0.225 e. The highest BCUT2D eigenvalue weighted by Gasteiger charge is 2.20. The summed E-state index contributed by atoms with van der Waals surface area (Å²) in [5, 5.41) is 4.75. The van der Waals surface area contributed by atoms with E-state index < -0.39 is 0 Å². The second kappa shape index (κ2) is 8.39. The number of halogens is 2. The Morgan fingerprint density at radius 2 is 2.03 bits per heavy atom. The van der Waals surface area contributed by atoms with Crippen LogP contribution in [0.25, 0.3) is 11.0 Å². The molecule has 29 heavy (non-hydrogen) atoms. The van der Waals surface area contributed by atoms with Gasteiger partial charge in [0.15, 0.2) is 4.67 Å². The Balaban J connectivity index is 1.60. The average Bonchev–Trinajstić information content (AvgIpc) is 3.06. The fourth-order valence-corrected chi connectivity index (χ4v) is 4.04. The van der Waals surface area contributed by atoms with E-state index in [-0.39, 0.29) is 18.4 Å². The van der Waals surface area contributed by atoms with E-state index in [0.717, 1.165) is 33.4 Å². The molecule has 2 aromatic carbocycles. The number of fused-ring (bicyclic) bond motifs is 1. The molecule has 4 nitrogen and oxygen atoms in total. The quantitative estimate of drug-likeness (QED) is 0.390. The minimum Gasteiger partial charge on any atom is -0.449 e. The Morgan fingerprint density at radius 3 is 2.79 bits per heavy atom. The topological polar surface area (TPSA) is 55.1 Å². The van der Waals surface area contributed by atoms with E-state index >= 15 is 0 Å². The van der Waals surface area contributed by atoms with Gasteiger partial charge in [-0.15, -0.1) is 0 Å². The maximum absolute atomic E-state index is 12.9. The fourth-order valence-electron chi connectivity index (χ4n) is 3.39. The van der Waals surface area contributed by atoms with Gasteiger partial charge in [0.05, 0.1) is 18.2 Å². The zero-order valence-electron chi connectivity index (χ0n) is 15.7. The fraction of sp³-hybridized carbons (Fsp3) is 0.130. The molecule has 0 aliphatic carbocycles. The van der Waals surface area contributed by atoms with Crippen LogP contribution in [-0.4, -0.2) is 10.9 Å². The predicted octanol–water partition coefficient (Wildman–Crippen LogP) is 6.00. The second-order valence-corrected chi connectivity index (χ2v) is 8.07. The van der Waals surface area contributed by atoms with Crippen LogP contribution in [0.2, 0.25) is 5.02 Å². The van der Waals surface area contributed by atoms with Crippen LogP contribution in [0.4, 0.5) is 0 Å². The number of carbonyl (C=O) groups excluding carboxylic acids is 1. The Bertz CT molecular complexity index is 1170. The Morgan fingerprint density at radius 1 is 1.17 bits per heavy atom. The molecular formula is C23H18BrClN2O2. The number of nitrogens with one attached hydrogen (secondary N) is 1. The van der Waals surface area contributed by atoms with E-state index in [9.17, 15) is 4.79 Å². The first-order valence-corrected chi connectivity index (χ1v) is 10.3. The molecule has 0 saturated heterocycles. The summed E-state index contributed by atoms with van der Waals surface area (Å²) in [7, 11) is 0. The molecule has 4 aromatic rings. The van der Waals surface area contributed by atoms with Crippen LogP contribution in [0, 0.1) is 6.92 Å². The van der Waals surface area contributed by atoms with Gasteiger partial charge in [-0.1, -0.05) is 29.8 Å². The summed E-state index contributed by atoms with van der Waals surface area (Å²) in [6.07, 6.45) is 1.99. The minimum atomic E-state index is -0.354. The number of amides is 1. The van der Waals surface area contributed by atoms with Crippen molar-refractivity contribution in [3.05, 3.63) is 98.9 Å². The summed E-state index contributed by atoms with van der Waals surface area (Å²) in [6, 6.07) is 18.6. The molecule has 1 atom stereocenters. The predicted molar refractivity (Wildman–Crippen MR) is 118 cm³/mol. The summed E-state index contributed by atoms with van der Waals surface area (Å²) in [4.78, 5) is 17.3. The number of rotatable bonds is 5. The van der Waals surface area contributed by atoms with Crippen LogP contribution < -0.4 is 5.32 Å². The minimum absolute atomic E-state index is 0.0862. The lowest BCUT2D eigenvalue weighted by molar-refractivity contribution is -0.120. The van der Waals surface area contributed by atoms with E-state index in [1.165, 1.54) is 0 Å². The summed E-state index contributed by atoms with van der Waals surface area (Å²) >= 11 is 9.45. The number of aryl methyl sites for hydroxylation is 1. The first-order chi connectivity index (χ1) is 14.0. The molecule has 2 heterocycles. The molecule has 0 fully saturated rings. The third-order valence-electron chi connectivity index (χ3n) is 4.75.